The van der Waals surface area contributed by atoms with Gasteiger partial charge in [-0.2, -0.15) is 0 Å². The highest BCUT2D eigenvalue weighted by Gasteiger charge is 2.36. The standard InChI is InChI=1S/C21H27NO2/c1-4-14-8-11-18-16(12-14)10-9-15-6-5-7-17-13-22(24-3)21(23-2)20(18)19(15)17/h5-6,9,14H,4,7-8,10-13H2,1-3H3. The van der Waals surface area contributed by atoms with Crippen molar-refractivity contribution >= 4 is 0 Å². The zero-order valence-electron chi connectivity index (χ0n) is 15.0. The van der Waals surface area contributed by atoms with E-state index in [0.29, 0.717) is 0 Å². The second-order valence-electron chi connectivity index (χ2n) is 7.15. The van der Waals surface area contributed by atoms with E-state index in [9.17, 15) is 0 Å². The molecule has 0 aromatic rings. The van der Waals surface area contributed by atoms with Crippen LogP contribution in [0.25, 0.3) is 0 Å². The summed E-state index contributed by atoms with van der Waals surface area (Å²) >= 11 is 0. The topological polar surface area (TPSA) is 21.7 Å². The minimum absolute atomic E-state index is 0.792. The molecule has 0 radical (unpaired) electrons. The van der Waals surface area contributed by atoms with E-state index >= 15 is 0 Å². The normalized spacial score (nSPS) is 26.2. The van der Waals surface area contributed by atoms with Crippen LogP contribution in [0.2, 0.25) is 0 Å². The molecule has 4 aliphatic rings. The van der Waals surface area contributed by atoms with Gasteiger partial charge in [0.15, 0.2) is 0 Å². The molecule has 0 saturated carbocycles. The fourth-order valence-corrected chi connectivity index (χ4v) is 4.65. The van der Waals surface area contributed by atoms with E-state index in [-0.39, 0.29) is 0 Å². The molecule has 1 aliphatic heterocycles. The van der Waals surface area contributed by atoms with Crippen LogP contribution >= 0.6 is 0 Å². The lowest BCUT2D eigenvalue weighted by Crippen LogP contribution is -2.32. The Balaban J connectivity index is 1.91. The molecule has 0 bridgehead atoms. The molecular weight excluding hydrogens is 298 g/mol. The maximum Gasteiger partial charge on any atom is 0.222 e. The Morgan fingerprint density at radius 2 is 2.04 bits per heavy atom. The predicted octanol–water partition coefficient (Wildman–Crippen LogP) is 4.81. The number of nitrogens with zero attached hydrogens (tertiary/aromatic N) is 1. The maximum atomic E-state index is 5.85. The van der Waals surface area contributed by atoms with Gasteiger partial charge in [-0.15, -0.1) is 0 Å². The zero-order valence-corrected chi connectivity index (χ0v) is 15.0. The molecule has 4 rings (SSSR count). The molecule has 1 heterocycles. The molecule has 0 amide bonds. The number of hydroxylamine groups is 2. The second-order valence-corrected chi connectivity index (χ2v) is 7.15. The fraction of sp³-hybridized carbons (Fsp3) is 0.524. The van der Waals surface area contributed by atoms with Crippen molar-refractivity contribution in [2.45, 2.75) is 45.4 Å². The van der Waals surface area contributed by atoms with Crippen molar-refractivity contribution in [2.24, 2.45) is 5.92 Å². The summed E-state index contributed by atoms with van der Waals surface area (Å²) in [6.07, 6.45) is 14.1. The Labute approximate surface area is 145 Å². The van der Waals surface area contributed by atoms with Crippen LogP contribution < -0.4 is 0 Å². The van der Waals surface area contributed by atoms with Crippen LogP contribution in [0.1, 0.15) is 45.4 Å². The fourth-order valence-electron chi connectivity index (χ4n) is 4.65. The van der Waals surface area contributed by atoms with Gasteiger partial charge < -0.3 is 4.74 Å². The first-order chi connectivity index (χ1) is 11.8. The quantitative estimate of drug-likeness (QED) is 0.743. The van der Waals surface area contributed by atoms with Crippen LogP contribution in [0.15, 0.2) is 57.5 Å². The van der Waals surface area contributed by atoms with E-state index in [0.717, 1.165) is 37.6 Å². The lowest BCUT2D eigenvalue weighted by molar-refractivity contribution is -0.132. The molecular formula is C21H27NO2. The van der Waals surface area contributed by atoms with E-state index < -0.39 is 0 Å². The van der Waals surface area contributed by atoms with Crippen LogP contribution in [0.4, 0.5) is 0 Å². The molecule has 0 saturated heterocycles. The second kappa shape index (κ2) is 6.29. The van der Waals surface area contributed by atoms with Gasteiger partial charge in [-0.05, 0) is 60.3 Å². The van der Waals surface area contributed by atoms with Crippen molar-refractivity contribution in [1.29, 1.82) is 0 Å². The third-order valence-corrected chi connectivity index (χ3v) is 5.95. The molecule has 0 aromatic carbocycles. The molecule has 3 nitrogen and oxygen atoms in total. The SMILES string of the molecule is CCC1CCC2=C(CC=C3C=CCC4=C3C2=C(OC)N(OC)C4)C1. The molecule has 0 fully saturated rings. The molecule has 0 aromatic heterocycles. The van der Waals surface area contributed by atoms with Crippen LogP contribution in [0.3, 0.4) is 0 Å². The van der Waals surface area contributed by atoms with Gasteiger partial charge in [-0.3, -0.25) is 4.84 Å². The molecule has 1 unspecified atom stereocenters. The van der Waals surface area contributed by atoms with E-state index in [1.165, 1.54) is 47.1 Å². The van der Waals surface area contributed by atoms with Crippen molar-refractivity contribution in [1.82, 2.24) is 5.06 Å². The maximum absolute atomic E-state index is 5.85. The highest BCUT2D eigenvalue weighted by atomic mass is 16.7. The van der Waals surface area contributed by atoms with Gasteiger partial charge >= 0.3 is 0 Å². The van der Waals surface area contributed by atoms with Gasteiger partial charge in [0.2, 0.25) is 5.88 Å². The Morgan fingerprint density at radius 3 is 2.79 bits per heavy atom. The van der Waals surface area contributed by atoms with Gasteiger partial charge in [0.05, 0.1) is 20.8 Å². The van der Waals surface area contributed by atoms with Crippen molar-refractivity contribution in [3.63, 3.8) is 0 Å². The summed E-state index contributed by atoms with van der Waals surface area (Å²) in [5.41, 5.74) is 8.68. The third kappa shape index (κ3) is 2.37. The first-order valence-corrected chi connectivity index (χ1v) is 9.17. The zero-order chi connectivity index (χ0) is 16.7. The van der Waals surface area contributed by atoms with Crippen molar-refractivity contribution < 1.29 is 9.57 Å². The number of rotatable bonds is 3. The minimum atomic E-state index is 0.792. The molecule has 128 valence electrons. The molecule has 1 atom stereocenters. The van der Waals surface area contributed by atoms with Crippen LogP contribution in [-0.4, -0.2) is 25.8 Å². The Morgan fingerprint density at radius 1 is 1.17 bits per heavy atom. The van der Waals surface area contributed by atoms with E-state index in [4.69, 9.17) is 9.57 Å². The summed E-state index contributed by atoms with van der Waals surface area (Å²) in [6.45, 7) is 3.11. The van der Waals surface area contributed by atoms with Gasteiger partial charge in [0.1, 0.15) is 0 Å². The number of fused-ring (bicyclic) bond motifs is 1. The van der Waals surface area contributed by atoms with Crippen LogP contribution in [0.5, 0.6) is 0 Å². The van der Waals surface area contributed by atoms with Gasteiger partial charge in [0.25, 0.3) is 0 Å². The first-order valence-electron chi connectivity index (χ1n) is 9.17. The molecule has 3 aliphatic carbocycles. The van der Waals surface area contributed by atoms with Crippen molar-refractivity contribution in [2.75, 3.05) is 20.8 Å². The van der Waals surface area contributed by atoms with Crippen LogP contribution in [-0.2, 0) is 9.57 Å². The molecule has 0 N–H and O–H groups in total. The van der Waals surface area contributed by atoms with E-state index in [2.05, 4.69) is 25.2 Å². The van der Waals surface area contributed by atoms with Crippen LogP contribution in [0, 0.1) is 5.92 Å². The first kappa shape index (κ1) is 15.8. The monoisotopic (exact) mass is 325 g/mol. The van der Waals surface area contributed by atoms with Gasteiger partial charge in [-0.25, -0.2) is 5.06 Å². The average Bonchev–Trinajstić information content (AvgIpc) is 2.80. The predicted molar refractivity (Wildman–Crippen MR) is 95.9 cm³/mol. The lowest BCUT2D eigenvalue weighted by atomic mass is 9.76. The Bertz CT molecular complexity index is 705. The number of hydrogen-bond acceptors (Lipinski definition) is 3. The van der Waals surface area contributed by atoms with Gasteiger partial charge in [-0.1, -0.05) is 37.1 Å². The number of methoxy groups -OCH3 is 1. The molecule has 3 heteroatoms. The molecule has 24 heavy (non-hydrogen) atoms. The van der Waals surface area contributed by atoms with Crippen molar-refractivity contribution in [3.8, 4) is 0 Å². The number of hydrogen-bond donors (Lipinski definition) is 0. The summed E-state index contributed by atoms with van der Waals surface area (Å²) in [6, 6.07) is 0. The summed E-state index contributed by atoms with van der Waals surface area (Å²) < 4.78 is 5.85. The minimum Gasteiger partial charge on any atom is -0.481 e. The van der Waals surface area contributed by atoms with E-state index in [1.54, 1.807) is 19.8 Å². The summed E-state index contributed by atoms with van der Waals surface area (Å²) in [4.78, 5) is 5.65. The lowest BCUT2D eigenvalue weighted by Gasteiger charge is -2.36. The summed E-state index contributed by atoms with van der Waals surface area (Å²) in [5, 5.41) is 1.92. The average molecular weight is 325 g/mol. The van der Waals surface area contributed by atoms with Crippen molar-refractivity contribution in [3.05, 3.63) is 57.5 Å². The summed E-state index contributed by atoms with van der Waals surface area (Å²) in [7, 11) is 3.51. The summed E-state index contributed by atoms with van der Waals surface area (Å²) in [5.74, 6) is 1.72. The number of allylic oxidation sites excluding steroid dienone is 8. The highest BCUT2D eigenvalue weighted by molar-refractivity contribution is 5.67. The smallest absolute Gasteiger partial charge is 0.222 e. The number of ether oxygens (including phenoxy) is 1. The van der Waals surface area contributed by atoms with Gasteiger partial charge in [0, 0.05) is 5.57 Å². The Hall–Kier alpha value is -1.74. The largest absolute Gasteiger partial charge is 0.481 e. The van der Waals surface area contributed by atoms with E-state index in [1.807, 2.05) is 5.06 Å². The Kier molecular flexibility index (Phi) is 4.13. The molecule has 0 spiro atoms. The highest BCUT2D eigenvalue weighted by Crippen LogP contribution is 2.48. The third-order valence-electron chi connectivity index (χ3n) is 5.95.